The highest BCUT2D eigenvalue weighted by Gasteiger charge is 2.00. The molecule has 0 radical (unpaired) electrons. The van der Waals surface area contributed by atoms with Crippen molar-refractivity contribution in [2.75, 3.05) is 0 Å². The number of carbonyl (C=O) groups excluding carboxylic acids is 1. The average Bonchev–Trinajstić information content (AvgIpc) is 2.93. The monoisotopic (exact) mass is 268 g/mol. The molecule has 19 heavy (non-hydrogen) atoms. The number of hydrogen-bond donors (Lipinski definition) is 0. The maximum Gasteiger partial charge on any atom is 0.150 e. The maximum atomic E-state index is 10.7. The van der Waals surface area contributed by atoms with Crippen molar-refractivity contribution in [2.45, 2.75) is 6.61 Å². The van der Waals surface area contributed by atoms with Gasteiger partial charge in [-0.15, -0.1) is 11.3 Å². The van der Waals surface area contributed by atoms with Crippen molar-refractivity contribution in [1.29, 1.82) is 0 Å². The van der Waals surface area contributed by atoms with Crippen LogP contribution in [0.4, 0.5) is 0 Å². The molecule has 0 unspecified atom stereocenters. The fourth-order valence-electron chi connectivity index (χ4n) is 1.96. The van der Waals surface area contributed by atoms with Gasteiger partial charge in [0.1, 0.15) is 18.6 Å². The minimum absolute atomic E-state index is 0.470. The van der Waals surface area contributed by atoms with Gasteiger partial charge >= 0.3 is 0 Å². The standard InChI is InChI=1S/C16H12O2S/c17-10-12-2-1-3-13(8-12)11-18-15-4-5-16-14(9-15)6-7-19-16/h1-10H,11H2. The molecule has 2 aromatic carbocycles. The average molecular weight is 268 g/mol. The van der Waals surface area contributed by atoms with Crippen LogP contribution < -0.4 is 4.74 Å². The van der Waals surface area contributed by atoms with Crippen LogP contribution in [0.1, 0.15) is 15.9 Å². The Morgan fingerprint density at radius 2 is 2.05 bits per heavy atom. The van der Waals surface area contributed by atoms with Crippen LogP contribution in [-0.4, -0.2) is 6.29 Å². The number of rotatable bonds is 4. The molecule has 0 atom stereocenters. The van der Waals surface area contributed by atoms with Gasteiger partial charge in [0.25, 0.3) is 0 Å². The zero-order valence-electron chi connectivity index (χ0n) is 10.2. The van der Waals surface area contributed by atoms with Gasteiger partial charge in [-0.05, 0) is 46.7 Å². The third-order valence-corrected chi connectivity index (χ3v) is 3.81. The highest BCUT2D eigenvalue weighted by Crippen LogP contribution is 2.25. The highest BCUT2D eigenvalue weighted by molar-refractivity contribution is 7.17. The number of ether oxygens (including phenoxy) is 1. The van der Waals surface area contributed by atoms with Gasteiger partial charge in [-0.2, -0.15) is 0 Å². The van der Waals surface area contributed by atoms with Gasteiger partial charge < -0.3 is 4.74 Å². The molecule has 94 valence electrons. The molecule has 0 aliphatic carbocycles. The molecule has 2 nitrogen and oxygen atoms in total. The van der Waals surface area contributed by atoms with Gasteiger partial charge in [-0.1, -0.05) is 18.2 Å². The van der Waals surface area contributed by atoms with Crippen LogP contribution in [0.5, 0.6) is 5.75 Å². The molecule has 3 aromatic rings. The predicted molar refractivity (Wildman–Crippen MR) is 78.0 cm³/mol. The lowest BCUT2D eigenvalue weighted by atomic mass is 10.1. The normalized spacial score (nSPS) is 10.5. The number of thiophene rings is 1. The molecular formula is C16H12O2S. The number of hydrogen-bond acceptors (Lipinski definition) is 3. The molecule has 0 amide bonds. The van der Waals surface area contributed by atoms with Crippen LogP contribution in [-0.2, 0) is 6.61 Å². The largest absolute Gasteiger partial charge is 0.489 e. The van der Waals surface area contributed by atoms with Gasteiger partial charge in [0.15, 0.2) is 0 Å². The van der Waals surface area contributed by atoms with Crippen molar-refractivity contribution < 1.29 is 9.53 Å². The first-order chi connectivity index (χ1) is 9.35. The van der Waals surface area contributed by atoms with Crippen molar-refractivity contribution in [2.24, 2.45) is 0 Å². The molecule has 1 heterocycles. The van der Waals surface area contributed by atoms with Gasteiger partial charge in [-0.3, -0.25) is 4.79 Å². The minimum Gasteiger partial charge on any atom is -0.489 e. The number of benzene rings is 2. The van der Waals surface area contributed by atoms with E-state index in [1.807, 2.05) is 30.3 Å². The fraction of sp³-hybridized carbons (Fsp3) is 0.0625. The van der Waals surface area contributed by atoms with Crippen LogP contribution in [0.25, 0.3) is 10.1 Å². The third kappa shape index (κ3) is 2.66. The third-order valence-electron chi connectivity index (χ3n) is 2.92. The molecule has 0 fully saturated rings. The quantitative estimate of drug-likeness (QED) is 0.660. The molecule has 3 heteroatoms. The van der Waals surface area contributed by atoms with E-state index in [4.69, 9.17) is 4.74 Å². The van der Waals surface area contributed by atoms with Crippen molar-refractivity contribution >= 4 is 27.7 Å². The van der Waals surface area contributed by atoms with Crippen molar-refractivity contribution in [3.8, 4) is 5.75 Å². The molecule has 0 aliphatic rings. The Hall–Kier alpha value is -2.13. The van der Waals surface area contributed by atoms with E-state index in [2.05, 4.69) is 17.5 Å². The summed E-state index contributed by atoms with van der Waals surface area (Å²) in [7, 11) is 0. The highest BCUT2D eigenvalue weighted by atomic mass is 32.1. The summed E-state index contributed by atoms with van der Waals surface area (Å²) in [6.07, 6.45) is 0.848. The molecule has 0 aliphatic heterocycles. The van der Waals surface area contributed by atoms with Crippen molar-refractivity contribution in [3.63, 3.8) is 0 Å². The summed E-state index contributed by atoms with van der Waals surface area (Å²) >= 11 is 1.72. The summed E-state index contributed by atoms with van der Waals surface area (Å²) in [5.74, 6) is 0.849. The fourth-order valence-corrected chi connectivity index (χ4v) is 2.73. The Kier molecular flexibility index (Phi) is 3.29. The zero-order chi connectivity index (χ0) is 13.1. The van der Waals surface area contributed by atoms with E-state index in [1.54, 1.807) is 17.4 Å². The van der Waals surface area contributed by atoms with Crippen LogP contribution in [0.3, 0.4) is 0 Å². The molecule has 0 saturated carbocycles. The van der Waals surface area contributed by atoms with Crippen LogP contribution in [0.15, 0.2) is 53.9 Å². The van der Waals surface area contributed by atoms with Crippen molar-refractivity contribution in [1.82, 2.24) is 0 Å². The molecular weight excluding hydrogens is 256 g/mol. The molecule has 3 rings (SSSR count). The number of carbonyl (C=O) groups is 1. The van der Waals surface area contributed by atoms with Gasteiger partial charge in [0.05, 0.1) is 0 Å². The topological polar surface area (TPSA) is 26.3 Å². The van der Waals surface area contributed by atoms with Gasteiger partial charge in [0.2, 0.25) is 0 Å². The first kappa shape index (κ1) is 11.9. The molecule has 1 aromatic heterocycles. The minimum atomic E-state index is 0.470. The predicted octanol–water partition coefficient (Wildman–Crippen LogP) is 4.29. The van der Waals surface area contributed by atoms with E-state index >= 15 is 0 Å². The van der Waals surface area contributed by atoms with Crippen LogP contribution in [0, 0.1) is 0 Å². The second kappa shape index (κ2) is 5.24. The molecule has 0 spiro atoms. The Bertz CT molecular complexity index is 715. The van der Waals surface area contributed by atoms with E-state index in [0.717, 1.165) is 17.6 Å². The van der Waals surface area contributed by atoms with Gasteiger partial charge in [-0.25, -0.2) is 0 Å². The van der Waals surface area contributed by atoms with Crippen molar-refractivity contribution in [3.05, 3.63) is 65.0 Å². The number of fused-ring (bicyclic) bond motifs is 1. The van der Waals surface area contributed by atoms with E-state index in [1.165, 1.54) is 10.1 Å². The SMILES string of the molecule is O=Cc1cccc(COc2ccc3sccc3c2)c1. The first-order valence-corrected chi connectivity index (χ1v) is 6.87. The number of aldehydes is 1. The lowest BCUT2D eigenvalue weighted by Gasteiger charge is -2.06. The zero-order valence-corrected chi connectivity index (χ0v) is 11.0. The summed E-state index contributed by atoms with van der Waals surface area (Å²) in [6, 6.07) is 15.6. The van der Waals surface area contributed by atoms with E-state index in [-0.39, 0.29) is 0 Å². The summed E-state index contributed by atoms with van der Waals surface area (Å²) < 4.78 is 7.02. The second-order valence-electron chi connectivity index (χ2n) is 4.27. The summed E-state index contributed by atoms with van der Waals surface area (Å²) in [5.41, 5.74) is 1.67. The van der Waals surface area contributed by atoms with Crippen LogP contribution >= 0.6 is 11.3 Å². The lowest BCUT2D eigenvalue weighted by Crippen LogP contribution is -1.96. The summed E-state index contributed by atoms with van der Waals surface area (Å²) in [4.78, 5) is 10.7. The second-order valence-corrected chi connectivity index (χ2v) is 5.22. The lowest BCUT2D eigenvalue weighted by molar-refractivity contribution is 0.112. The molecule has 0 N–H and O–H groups in total. The summed E-state index contributed by atoms with van der Waals surface area (Å²) in [6.45, 7) is 0.470. The van der Waals surface area contributed by atoms with Crippen LogP contribution in [0.2, 0.25) is 0 Å². The first-order valence-electron chi connectivity index (χ1n) is 5.99. The Morgan fingerprint density at radius 1 is 1.11 bits per heavy atom. The Balaban J connectivity index is 1.75. The molecule has 0 bridgehead atoms. The Morgan fingerprint density at radius 3 is 2.95 bits per heavy atom. The van der Waals surface area contributed by atoms with E-state index in [0.29, 0.717) is 12.2 Å². The van der Waals surface area contributed by atoms with E-state index in [9.17, 15) is 4.79 Å². The summed E-state index contributed by atoms with van der Waals surface area (Å²) in [5, 5.41) is 3.27. The van der Waals surface area contributed by atoms with Gasteiger partial charge in [0, 0.05) is 10.3 Å². The Labute approximate surface area is 115 Å². The smallest absolute Gasteiger partial charge is 0.150 e. The molecule has 0 saturated heterocycles. The maximum absolute atomic E-state index is 10.7. The van der Waals surface area contributed by atoms with E-state index < -0.39 is 0 Å².